The first kappa shape index (κ1) is 23.1. The second-order valence-electron chi connectivity index (χ2n) is 8.06. The van der Waals surface area contributed by atoms with Crippen LogP contribution in [0, 0.1) is 11.7 Å². The zero-order valence-corrected chi connectivity index (χ0v) is 17.9. The summed E-state index contributed by atoms with van der Waals surface area (Å²) in [7, 11) is 0. The van der Waals surface area contributed by atoms with E-state index in [2.05, 4.69) is 16.2 Å². The van der Waals surface area contributed by atoms with Crippen LogP contribution in [0.3, 0.4) is 0 Å². The molecule has 1 saturated heterocycles. The number of hydrazine groups is 1. The van der Waals surface area contributed by atoms with Gasteiger partial charge in [-0.1, -0.05) is 25.0 Å². The van der Waals surface area contributed by atoms with Crippen LogP contribution in [0.4, 0.5) is 4.39 Å². The van der Waals surface area contributed by atoms with Crippen LogP contribution in [0.5, 0.6) is 0 Å². The van der Waals surface area contributed by atoms with Gasteiger partial charge in [-0.3, -0.25) is 19.8 Å². The van der Waals surface area contributed by atoms with Crippen molar-refractivity contribution in [2.24, 2.45) is 5.92 Å². The number of rotatable bonds is 9. The van der Waals surface area contributed by atoms with Gasteiger partial charge in [0.05, 0.1) is 6.42 Å². The summed E-state index contributed by atoms with van der Waals surface area (Å²) in [5, 5.41) is 2.77. The summed E-state index contributed by atoms with van der Waals surface area (Å²) in [6.07, 6.45) is 4.37. The topological polar surface area (TPSA) is 99.8 Å². The van der Waals surface area contributed by atoms with Crippen molar-refractivity contribution in [3.8, 4) is 0 Å². The van der Waals surface area contributed by atoms with Gasteiger partial charge in [0.1, 0.15) is 11.9 Å². The fourth-order valence-corrected chi connectivity index (χ4v) is 4.24. The minimum absolute atomic E-state index is 0.0106. The Hall–Kier alpha value is -2.52. The lowest BCUT2D eigenvalue weighted by Gasteiger charge is -2.26. The molecule has 0 bridgehead atoms. The van der Waals surface area contributed by atoms with Crippen LogP contribution >= 0.6 is 0 Å². The van der Waals surface area contributed by atoms with E-state index in [9.17, 15) is 18.8 Å². The van der Waals surface area contributed by atoms with E-state index in [0.29, 0.717) is 18.2 Å². The van der Waals surface area contributed by atoms with Crippen LogP contribution < -0.4 is 16.2 Å². The third kappa shape index (κ3) is 6.48. The fraction of sp³-hybridized carbons (Fsp3) is 0.591. The predicted octanol–water partition coefficient (Wildman–Crippen LogP) is 1.26. The Morgan fingerprint density at radius 1 is 1.23 bits per heavy atom. The maximum atomic E-state index is 13.3. The molecule has 0 spiro atoms. The molecule has 1 saturated carbocycles. The number of halogens is 1. The van der Waals surface area contributed by atoms with Crippen molar-refractivity contribution in [2.45, 2.75) is 57.7 Å². The summed E-state index contributed by atoms with van der Waals surface area (Å²) >= 11 is 0. The fourth-order valence-electron chi connectivity index (χ4n) is 4.24. The van der Waals surface area contributed by atoms with Crippen LogP contribution in [0.25, 0.3) is 0 Å². The molecule has 3 atom stereocenters. The van der Waals surface area contributed by atoms with Crippen LogP contribution in [0.15, 0.2) is 24.3 Å². The van der Waals surface area contributed by atoms with E-state index in [4.69, 9.17) is 4.74 Å². The lowest BCUT2D eigenvalue weighted by Crippen LogP contribution is -2.46. The van der Waals surface area contributed by atoms with Crippen LogP contribution in [0.2, 0.25) is 0 Å². The summed E-state index contributed by atoms with van der Waals surface area (Å²) in [6.45, 7) is 2.23. The Balaban J connectivity index is 1.35. The standard InChI is InChI=1S/C22H31FN4O4/c1-2-27(13-15-6-5-7-16(23)12-15)19(28)14-31-20(29)10-11-24-22(30)21-17-8-3-4-9-18(17)25-26-21/h5-7,12,17-18,21,25-26H,2-4,8-11,13-14H2,1H3,(H,24,30). The number of ether oxygens (including phenoxy) is 1. The largest absolute Gasteiger partial charge is 0.456 e. The van der Waals surface area contributed by atoms with E-state index in [1.807, 2.05) is 0 Å². The first-order valence-corrected chi connectivity index (χ1v) is 10.9. The monoisotopic (exact) mass is 434 g/mol. The maximum absolute atomic E-state index is 13.3. The number of nitrogens with one attached hydrogen (secondary N) is 3. The van der Waals surface area contributed by atoms with E-state index in [1.54, 1.807) is 19.1 Å². The number of nitrogens with zero attached hydrogens (tertiary/aromatic N) is 1. The second kappa shape index (κ2) is 11.2. The predicted molar refractivity (Wildman–Crippen MR) is 112 cm³/mol. The molecule has 0 radical (unpaired) electrons. The van der Waals surface area contributed by atoms with Crippen molar-refractivity contribution in [3.05, 3.63) is 35.6 Å². The van der Waals surface area contributed by atoms with Crippen LogP contribution in [0.1, 0.15) is 44.6 Å². The molecule has 0 aromatic heterocycles. The number of amides is 2. The lowest BCUT2D eigenvalue weighted by atomic mass is 9.81. The normalized spacial score (nSPS) is 22.5. The van der Waals surface area contributed by atoms with E-state index in [0.717, 1.165) is 19.3 Å². The summed E-state index contributed by atoms with van der Waals surface area (Å²) in [4.78, 5) is 38.2. The SMILES string of the molecule is CCN(Cc1cccc(F)c1)C(=O)COC(=O)CCNC(=O)C1NNC2CCCCC21. The van der Waals surface area contributed by atoms with Gasteiger partial charge in [0, 0.05) is 31.6 Å². The van der Waals surface area contributed by atoms with Gasteiger partial charge in [0.2, 0.25) is 5.91 Å². The van der Waals surface area contributed by atoms with Crippen molar-refractivity contribution in [1.29, 1.82) is 0 Å². The number of likely N-dealkylation sites (N-methyl/N-ethyl adjacent to an activating group) is 1. The molecule has 170 valence electrons. The van der Waals surface area contributed by atoms with Gasteiger partial charge in [-0.25, -0.2) is 9.82 Å². The molecule has 2 fully saturated rings. The molecule has 9 heteroatoms. The average molecular weight is 435 g/mol. The highest BCUT2D eigenvalue weighted by molar-refractivity contribution is 5.83. The van der Waals surface area contributed by atoms with Crippen molar-refractivity contribution in [2.75, 3.05) is 19.7 Å². The van der Waals surface area contributed by atoms with Gasteiger partial charge in [0.25, 0.3) is 5.91 Å². The lowest BCUT2D eigenvalue weighted by molar-refractivity contribution is -0.152. The number of esters is 1. The molecule has 1 aromatic rings. The zero-order chi connectivity index (χ0) is 22.2. The molecule has 8 nitrogen and oxygen atoms in total. The van der Waals surface area contributed by atoms with Gasteiger partial charge < -0.3 is 15.0 Å². The zero-order valence-electron chi connectivity index (χ0n) is 17.9. The van der Waals surface area contributed by atoms with Gasteiger partial charge >= 0.3 is 5.97 Å². The van der Waals surface area contributed by atoms with Crippen LogP contribution in [-0.4, -0.2) is 54.5 Å². The maximum Gasteiger partial charge on any atom is 0.308 e. The number of benzene rings is 1. The minimum atomic E-state index is -0.552. The van der Waals surface area contributed by atoms with E-state index < -0.39 is 5.97 Å². The summed E-state index contributed by atoms with van der Waals surface area (Å²) < 4.78 is 18.4. The van der Waals surface area contributed by atoms with Crippen molar-refractivity contribution in [1.82, 2.24) is 21.1 Å². The number of carbonyl (C=O) groups excluding carboxylic acids is 3. The molecular formula is C22H31FN4O4. The molecule has 2 amide bonds. The second-order valence-corrected chi connectivity index (χ2v) is 8.06. The van der Waals surface area contributed by atoms with E-state index in [1.165, 1.54) is 23.5 Å². The first-order valence-electron chi connectivity index (χ1n) is 10.9. The minimum Gasteiger partial charge on any atom is -0.456 e. The van der Waals surface area contributed by atoms with Crippen LogP contribution in [-0.2, 0) is 25.7 Å². The van der Waals surface area contributed by atoms with Crippen molar-refractivity contribution >= 4 is 17.8 Å². The highest BCUT2D eigenvalue weighted by atomic mass is 19.1. The average Bonchev–Trinajstić information content (AvgIpc) is 3.20. The Bertz CT molecular complexity index is 791. The molecule has 2 aliphatic rings. The highest BCUT2D eigenvalue weighted by Crippen LogP contribution is 2.30. The first-order chi connectivity index (χ1) is 15.0. The molecule has 1 heterocycles. The Morgan fingerprint density at radius 2 is 2.03 bits per heavy atom. The quantitative estimate of drug-likeness (QED) is 0.506. The molecule has 3 N–H and O–H groups in total. The molecule has 1 aliphatic carbocycles. The van der Waals surface area contributed by atoms with Crippen molar-refractivity contribution in [3.63, 3.8) is 0 Å². The Labute approximate surface area is 181 Å². The van der Waals surface area contributed by atoms with Gasteiger partial charge in [-0.15, -0.1) is 0 Å². The molecular weight excluding hydrogens is 403 g/mol. The summed E-state index contributed by atoms with van der Waals surface area (Å²) in [5.74, 6) is -1.12. The molecule has 3 rings (SSSR count). The van der Waals surface area contributed by atoms with E-state index >= 15 is 0 Å². The Morgan fingerprint density at radius 3 is 2.81 bits per heavy atom. The van der Waals surface area contributed by atoms with E-state index in [-0.39, 0.29) is 55.7 Å². The molecule has 3 unspecified atom stereocenters. The summed E-state index contributed by atoms with van der Waals surface area (Å²) in [6, 6.07) is 6.07. The van der Waals surface area contributed by atoms with Crippen molar-refractivity contribution < 1.29 is 23.5 Å². The Kier molecular flexibility index (Phi) is 8.36. The number of hydrogen-bond acceptors (Lipinski definition) is 6. The number of hydrogen-bond donors (Lipinski definition) is 3. The highest BCUT2D eigenvalue weighted by Gasteiger charge is 2.40. The number of fused-ring (bicyclic) bond motifs is 1. The third-order valence-corrected chi connectivity index (χ3v) is 5.94. The summed E-state index contributed by atoms with van der Waals surface area (Å²) in [5.41, 5.74) is 6.93. The molecule has 1 aromatic carbocycles. The molecule has 1 aliphatic heterocycles. The van der Waals surface area contributed by atoms with Gasteiger partial charge in [-0.2, -0.15) is 0 Å². The van der Waals surface area contributed by atoms with Gasteiger partial charge in [-0.05, 0) is 37.5 Å². The third-order valence-electron chi connectivity index (χ3n) is 5.94. The molecule has 31 heavy (non-hydrogen) atoms. The smallest absolute Gasteiger partial charge is 0.308 e. The number of carbonyl (C=O) groups is 3. The van der Waals surface area contributed by atoms with Gasteiger partial charge in [0.15, 0.2) is 6.61 Å².